The van der Waals surface area contributed by atoms with Gasteiger partial charge in [0.05, 0.1) is 0 Å². The van der Waals surface area contributed by atoms with Crippen LogP contribution in [0.3, 0.4) is 0 Å². The van der Waals surface area contributed by atoms with Crippen LogP contribution in [0.1, 0.15) is 12.5 Å². The fourth-order valence-corrected chi connectivity index (χ4v) is 1.02. The van der Waals surface area contributed by atoms with Crippen molar-refractivity contribution in [2.75, 3.05) is 0 Å². The highest BCUT2D eigenvalue weighted by Crippen LogP contribution is 2.01. The summed E-state index contributed by atoms with van der Waals surface area (Å²) in [6.07, 6.45) is 0.481. The lowest BCUT2D eigenvalue weighted by Crippen LogP contribution is -2.34. The van der Waals surface area contributed by atoms with Gasteiger partial charge in [0.15, 0.2) is 0 Å². The summed E-state index contributed by atoms with van der Waals surface area (Å²) in [7, 11) is 0. The van der Waals surface area contributed by atoms with Gasteiger partial charge in [-0.3, -0.25) is 4.79 Å². The van der Waals surface area contributed by atoms with Crippen molar-refractivity contribution < 1.29 is 14.3 Å². The molecule has 1 N–H and O–H groups in total. The smallest absolute Gasteiger partial charge is 0.328 e. The molecule has 0 bridgehead atoms. The van der Waals surface area contributed by atoms with Crippen LogP contribution in [0.2, 0.25) is 0 Å². The van der Waals surface area contributed by atoms with E-state index in [4.69, 9.17) is 4.74 Å². The molecule has 0 saturated carbocycles. The summed E-state index contributed by atoms with van der Waals surface area (Å²) in [4.78, 5) is 21.3. The van der Waals surface area contributed by atoms with E-state index in [1.165, 1.54) is 0 Å². The zero-order valence-corrected chi connectivity index (χ0v) is 8.47. The fourth-order valence-electron chi connectivity index (χ4n) is 1.02. The third-order valence-electron chi connectivity index (χ3n) is 1.90. The maximum Gasteiger partial charge on any atom is 0.328 e. The summed E-state index contributed by atoms with van der Waals surface area (Å²) in [5.41, 5.74) is 0.921. The number of carbonyl (C=O) groups excluding carboxylic acids is 2. The van der Waals surface area contributed by atoms with Gasteiger partial charge in [-0.25, -0.2) is 4.79 Å². The van der Waals surface area contributed by atoms with E-state index in [2.05, 4.69) is 5.32 Å². The van der Waals surface area contributed by atoms with E-state index in [0.717, 1.165) is 5.56 Å². The first-order valence-electron chi connectivity index (χ1n) is 4.64. The van der Waals surface area contributed by atoms with E-state index in [1.807, 2.05) is 30.3 Å². The second kappa shape index (κ2) is 5.80. The van der Waals surface area contributed by atoms with Crippen molar-refractivity contribution in [1.29, 1.82) is 0 Å². The predicted molar refractivity (Wildman–Crippen MR) is 54.9 cm³/mol. The molecule has 1 unspecified atom stereocenters. The van der Waals surface area contributed by atoms with E-state index in [1.54, 1.807) is 6.92 Å². The average molecular weight is 207 g/mol. The first-order valence-corrected chi connectivity index (χ1v) is 4.64. The summed E-state index contributed by atoms with van der Waals surface area (Å²) in [6, 6.07) is 8.76. The number of rotatable bonds is 5. The molecule has 0 aromatic heterocycles. The molecule has 0 aliphatic carbocycles. The van der Waals surface area contributed by atoms with Crippen LogP contribution in [0.5, 0.6) is 0 Å². The molecular weight excluding hydrogens is 194 g/mol. The van der Waals surface area contributed by atoms with Gasteiger partial charge in [0.25, 0.3) is 0 Å². The Hall–Kier alpha value is -1.84. The van der Waals surface area contributed by atoms with Crippen molar-refractivity contribution in [2.24, 2.45) is 0 Å². The summed E-state index contributed by atoms with van der Waals surface area (Å²) in [5, 5.41) is 2.33. The van der Waals surface area contributed by atoms with Gasteiger partial charge in [-0.05, 0) is 12.5 Å². The van der Waals surface area contributed by atoms with E-state index < -0.39 is 12.0 Å². The number of ether oxygens (including phenoxy) is 1. The Balaban J connectivity index is 2.37. The summed E-state index contributed by atoms with van der Waals surface area (Å²) >= 11 is 0. The summed E-state index contributed by atoms with van der Waals surface area (Å²) in [5.74, 6) is -0.439. The second-order valence-electron chi connectivity index (χ2n) is 3.10. The van der Waals surface area contributed by atoms with Gasteiger partial charge in [-0.15, -0.1) is 0 Å². The minimum absolute atomic E-state index is 0.227. The van der Waals surface area contributed by atoms with Crippen LogP contribution in [0.25, 0.3) is 0 Å². The standard InChI is InChI=1S/C11H13NO3/c1-9(12-8-13)11(14)15-7-10-5-3-2-4-6-10/h2-6,8-9H,7H2,1H3,(H,12,13). The molecule has 1 amide bonds. The molecular formula is C11H13NO3. The van der Waals surface area contributed by atoms with E-state index in [-0.39, 0.29) is 6.61 Å². The van der Waals surface area contributed by atoms with Crippen molar-refractivity contribution in [3.8, 4) is 0 Å². The molecule has 0 fully saturated rings. The maximum atomic E-state index is 11.3. The highest BCUT2D eigenvalue weighted by molar-refractivity contribution is 5.77. The zero-order valence-electron chi connectivity index (χ0n) is 8.47. The van der Waals surface area contributed by atoms with Crippen LogP contribution in [0, 0.1) is 0 Å². The average Bonchev–Trinajstić information content (AvgIpc) is 2.27. The third-order valence-corrected chi connectivity index (χ3v) is 1.90. The molecule has 4 heteroatoms. The zero-order chi connectivity index (χ0) is 11.1. The Kier molecular flexibility index (Phi) is 4.34. The van der Waals surface area contributed by atoms with Gasteiger partial charge in [0.1, 0.15) is 12.6 Å². The van der Waals surface area contributed by atoms with Crippen molar-refractivity contribution in [2.45, 2.75) is 19.6 Å². The van der Waals surface area contributed by atoms with Crippen LogP contribution < -0.4 is 5.32 Å². The Morgan fingerprint density at radius 1 is 1.47 bits per heavy atom. The summed E-state index contributed by atoms with van der Waals surface area (Å²) < 4.78 is 4.98. The Morgan fingerprint density at radius 2 is 2.13 bits per heavy atom. The number of nitrogens with one attached hydrogen (secondary N) is 1. The molecule has 1 atom stereocenters. The number of carbonyl (C=O) groups is 2. The molecule has 0 saturated heterocycles. The SMILES string of the molecule is CC(NC=O)C(=O)OCc1ccccc1. The lowest BCUT2D eigenvalue weighted by Gasteiger charge is -2.09. The van der Waals surface area contributed by atoms with Gasteiger partial charge in [-0.1, -0.05) is 30.3 Å². The molecule has 1 aromatic rings. The molecule has 0 radical (unpaired) electrons. The quantitative estimate of drug-likeness (QED) is 0.575. The molecule has 0 heterocycles. The van der Waals surface area contributed by atoms with Gasteiger partial charge < -0.3 is 10.1 Å². The first kappa shape index (κ1) is 11.2. The van der Waals surface area contributed by atoms with Crippen molar-refractivity contribution in [3.63, 3.8) is 0 Å². The van der Waals surface area contributed by atoms with Crippen LogP contribution in [0.4, 0.5) is 0 Å². The lowest BCUT2D eigenvalue weighted by molar-refractivity contribution is -0.147. The van der Waals surface area contributed by atoms with Crippen molar-refractivity contribution in [3.05, 3.63) is 35.9 Å². The molecule has 1 rings (SSSR count). The largest absolute Gasteiger partial charge is 0.459 e. The van der Waals surface area contributed by atoms with Crippen LogP contribution in [0.15, 0.2) is 30.3 Å². The third kappa shape index (κ3) is 3.81. The Bertz CT molecular complexity index is 324. The second-order valence-corrected chi connectivity index (χ2v) is 3.10. The van der Waals surface area contributed by atoms with Gasteiger partial charge >= 0.3 is 5.97 Å². The van der Waals surface area contributed by atoms with E-state index >= 15 is 0 Å². The predicted octanol–water partition coefficient (Wildman–Crippen LogP) is 0.864. The Morgan fingerprint density at radius 3 is 2.73 bits per heavy atom. The van der Waals surface area contributed by atoms with Gasteiger partial charge in [0.2, 0.25) is 6.41 Å². The van der Waals surface area contributed by atoms with Crippen LogP contribution in [-0.2, 0) is 20.9 Å². The first-order chi connectivity index (χ1) is 7.24. The van der Waals surface area contributed by atoms with Crippen molar-refractivity contribution >= 4 is 12.4 Å². The van der Waals surface area contributed by atoms with Gasteiger partial charge in [0, 0.05) is 0 Å². The normalized spacial score (nSPS) is 11.5. The minimum atomic E-state index is -0.605. The minimum Gasteiger partial charge on any atom is -0.459 e. The molecule has 0 aliphatic heterocycles. The molecule has 0 aliphatic rings. The van der Waals surface area contributed by atoms with Crippen molar-refractivity contribution in [1.82, 2.24) is 5.32 Å². The number of benzene rings is 1. The van der Waals surface area contributed by atoms with E-state index in [9.17, 15) is 9.59 Å². The molecule has 80 valence electrons. The summed E-state index contributed by atoms with van der Waals surface area (Å²) in [6.45, 7) is 1.80. The van der Waals surface area contributed by atoms with Crippen LogP contribution in [-0.4, -0.2) is 18.4 Å². The van der Waals surface area contributed by atoms with Gasteiger partial charge in [-0.2, -0.15) is 0 Å². The molecule has 0 spiro atoms. The number of esters is 1. The molecule has 4 nitrogen and oxygen atoms in total. The Labute approximate surface area is 88.2 Å². The fraction of sp³-hybridized carbons (Fsp3) is 0.273. The molecule has 15 heavy (non-hydrogen) atoms. The van der Waals surface area contributed by atoms with Crippen LogP contribution >= 0.6 is 0 Å². The number of amides is 1. The highest BCUT2D eigenvalue weighted by atomic mass is 16.5. The molecule has 1 aromatic carbocycles. The topological polar surface area (TPSA) is 55.4 Å². The number of hydrogen-bond donors (Lipinski definition) is 1. The number of hydrogen-bond acceptors (Lipinski definition) is 3. The lowest BCUT2D eigenvalue weighted by atomic mass is 10.2. The van der Waals surface area contributed by atoms with E-state index in [0.29, 0.717) is 6.41 Å². The monoisotopic (exact) mass is 207 g/mol. The maximum absolute atomic E-state index is 11.3. The highest BCUT2D eigenvalue weighted by Gasteiger charge is 2.12.